The number of allylic oxidation sites excluding steroid dienone is 2. The van der Waals surface area contributed by atoms with Gasteiger partial charge < -0.3 is 9.97 Å². The topological polar surface area (TPSA) is 25.8 Å². The zero-order valence-electron chi connectivity index (χ0n) is 30.6. The minimum Gasteiger partial charge on any atom is -0.305 e. The van der Waals surface area contributed by atoms with Crippen LogP contribution in [0.1, 0.15) is 53.4 Å². The molecule has 7 aromatic rings. The van der Waals surface area contributed by atoms with Crippen LogP contribution in [0.2, 0.25) is 19.6 Å². The van der Waals surface area contributed by atoms with Crippen LogP contribution in [0, 0.1) is 12.1 Å². The van der Waals surface area contributed by atoms with Crippen molar-refractivity contribution in [3.8, 4) is 22.5 Å². The molecule has 1 unspecified atom stereocenters. The Kier molecular flexibility index (Phi) is 10.4. The fourth-order valence-electron chi connectivity index (χ4n) is 5.89. The molecule has 0 amide bonds. The number of benzene rings is 4. The van der Waals surface area contributed by atoms with Gasteiger partial charge in [-0.1, -0.05) is 106 Å². The molecule has 5 heteroatoms. The summed E-state index contributed by atoms with van der Waals surface area (Å²) in [4.78, 5) is 9.17. The zero-order valence-corrected chi connectivity index (χ0v) is 32.8. The summed E-state index contributed by atoms with van der Waals surface area (Å²) < 4.78 is 19.7. The average molecular weight is 841 g/mol. The van der Waals surface area contributed by atoms with Gasteiger partial charge in [-0.3, -0.25) is 0 Å². The summed E-state index contributed by atoms with van der Waals surface area (Å²) in [5, 5.41) is 6.13. The second kappa shape index (κ2) is 15.2. The molecule has 48 heavy (non-hydrogen) atoms. The maximum absolute atomic E-state index is 8.70. The number of hydrogen-bond acceptors (Lipinski definition) is 3. The van der Waals surface area contributed by atoms with E-state index in [2.05, 4.69) is 90.3 Å². The number of fused-ring (bicyclic) bond motifs is 5. The quantitative estimate of drug-likeness (QED) is 0.0947. The van der Waals surface area contributed by atoms with Crippen molar-refractivity contribution in [3.63, 3.8) is 0 Å². The molecule has 7 rings (SSSR count). The summed E-state index contributed by atoms with van der Waals surface area (Å²) in [7, 11) is -1.23. The van der Waals surface area contributed by atoms with Crippen LogP contribution >= 0.6 is 11.3 Å². The van der Waals surface area contributed by atoms with Gasteiger partial charge in [0, 0.05) is 39.9 Å². The molecular formula is C43H42IrN2SSi-2. The maximum Gasteiger partial charge on any atom is 0.0795 e. The molecule has 245 valence electrons. The fraction of sp³-hybridized carbons (Fsp3) is 0.209. The zero-order chi connectivity index (χ0) is 35.0. The van der Waals surface area contributed by atoms with Crippen molar-refractivity contribution in [3.05, 3.63) is 139 Å². The molecule has 1 radical (unpaired) electrons. The average Bonchev–Trinajstić information content (AvgIpc) is 3.48. The second-order valence-electron chi connectivity index (χ2n) is 13.1. The van der Waals surface area contributed by atoms with Crippen LogP contribution < -0.4 is 5.19 Å². The van der Waals surface area contributed by atoms with Crippen molar-refractivity contribution in [1.82, 2.24) is 9.97 Å². The largest absolute Gasteiger partial charge is 0.305 e. The molecule has 0 N–H and O–H groups in total. The summed E-state index contributed by atoms with van der Waals surface area (Å²) in [5.74, 6) is -1.47. The van der Waals surface area contributed by atoms with E-state index in [1.165, 1.54) is 26.0 Å². The molecule has 0 saturated heterocycles. The minimum absolute atomic E-state index is 0. The van der Waals surface area contributed by atoms with Crippen LogP contribution in [0.5, 0.6) is 0 Å². The normalized spacial score (nSPS) is 13.8. The summed E-state index contributed by atoms with van der Waals surface area (Å²) >= 11 is 1.76. The number of thiophene rings is 1. The Labute approximate surface area is 307 Å². The summed E-state index contributed by atoms with van der Waals surface area (Å²) in [6.45, 7) is 14.7. The van der Waals surface area contributed by atoms with E-state index in [0.29, 0.717) is 0 Å². The molecule has 0 aliphatic carbocycles. The molecule has 0 bridgehead atoms. The number of hydrogen-bond donors (Lipinski definition) is 0. The Morgan fingerprint density at radius 2 is 1.54 bits per heavy atom. The summed E-state index contributed by atoms with van der Waals surface area (Å²) in [6, 6.07) is 37.5. The van der Waals surface area contributed by atoms with Crippen LogP contribution in [-0.4, -0.2) is 18.0 Å². The number of pyridine rings is 2. The van der Waals surface area contributed by atoms with E-state index in [4.69, 9.17) is 2.74 Å². The number of rotatable bonds is 6. The Hall–Kier alpha value is -3.73. The second-order valence-corrected chi connectivity index (χ2v) is 19.2. The van der Waals surface area contributed by atoms with E-state index in [0.717, 1.165) is 43.7 Å². The molecule has 4 aromatic carbocycles. The van der Waals surface area contributed by atoms with Gasteiger partial charge in [0.05, 0.1) is 8.07 Å². The third-order valence-corrected chi connectivity index (χ3v) is 11.8. The minimum atomic E-state index is -1.23. The van der Waals surface area contributed by atoms with E-state index < -0.39 is 19.9 Å². The first-order valence-electron chi connectivity index (χ1n) is 17.1. The van der Waals surface area contributed by atoms with Crippen LogP contribution in [0.15, 0.2) is 116 Å². The van der Waals surface area contributed by atoms with Crippen molar-refractivity contribution in [2.45, 2.75) is 59.1 Å². The predicted octanol–water partition coefficient (Wildman–Crippen LogP) is 12.0. The first kappa shape index (κ1) is 32.8. The molecule has 0 fully saturated rings. The molecule has 0 spiro atoms. The van der Waals surface area contributed by atoms with E-state index in [-0.39, 0.29) is 20.1 Å². The predicted molar refractivity (Wildman–Crippen MR) is 208 cm³/mol. The van der Waals surface area contributed by atoms with Gasteiger partial charge in [-0.05, 0) is 73.3 Å². The maximum atomic E-state index is 8.70. The van der Waals surface area contributed by atoms with Crippen LogP contribution in [-0.2, 0) is 20.1 Å². The smallest absolute Gasteiger partial charge is 0.0795 e. The fourth-order valence-corrected chi connectivity index (χ4v) is 8.26. The van der Waals surface area contributed by atoms with Gasteiger partial charge in [-0.15, -0.1) is 59.7 Å². The SMILES string of the molecule is C[Si](C)(C)c1ccc(-c2[c-]cccc2)nc1.[2H]C(C)(C)c1cccc2c1ccc1c3cc[c-]c(-c4cc(C([2H])(C)/C=C/C)ccn4)c3sc21.[Ir]. The monoisotopic (exact) mass is 841 g/mol. The van der Waals surface area contributed by atoms with Gasteiger partial charge in [0.15, 0.2) is 0 Å². The summed E-state index contributed by atoms with van der Waals surface area (Å²) in [6.07, 6.45) is 7.62. The van der Waals surface area contributed by atoms with Gasteiger partial charge in [-0.25, -0.2) is 0 Å². The Balaban J connectivity index is 0.000000241. The van der Waals surface area contributed by atoms with Crippen molar-refractivity contribution in [1.29, 1.82) is 0 Å². The van der Waals surface area contributed by atoms with Gasteiger partial charge in [0.2, 0.25) is 0 Å². The van der Waals surface area contributed by atoms with Crippen LogP contribution in [0.25, 0.3) is 53.5 Å². The molecule has 0 saturated carbocycles. The first-order valence-corrected chi connectivity index (χ1v) is 20.4. The Morgan fingerprint density at radius 3 is 2.23 bits per heavy atom. The molecule has 2 nitrogen and oxygen atoms in total. The molecule has 3 aromatic heterocycles. The van der Waals surface area contributed by atoms with Crippen LogP contribution in [0.4, 0.5) is 0 Å². The molecular weight excluding hydrogens is 797 g/mol. The van der Waals surface area contributed by atoms with Gasteiger partial charge in [-0.2, -0.15) is 11.3 Å². The van der Waals surface area contributed by atoms with Crippen molar-refractivity contribution in [2.24, 2.45) is 0 Å². The molecule has 0 aliphatic rings. The van der Waals surface area contributed by atoms with E-state index >= 15 is 0 Å². The van der Waals surface area contributed by atoms with Gasteiger partial charge in [0.1, 0.15) is 0 Å². The third kappa shape index (κ3) is 7.45. The van der Waals surface area contributed by atoms with Crippen LogP contribution in [0.3, 0.4) is 0 Å². The first-order chi connectivity index (χ1) is 23.3. The standard InChI is InChI=1S/C29H26NS.C14H16NSi.Ir/c1-5-8-19(4)20-15-16-30-27(17-20)26-12-7-11-24-25-14-13-22-21(18(2)3)9-6-10-23(22)28(25)31-29(24)26;1-16(2,3)13-9-10-14(15-11-13)12-7-5-4-6-8-12;/h5-11,13-19H,1-4H3;4-7,9-11H,1-3H3;/q2*-1;/b8-5+;;/i18D,19D;;. The number of aromatic nitrogens is 2. The molecule has 3 heterocycles. The van der Waals surface area contributed by atoms with Crippen molar-refractivity contribution in [2.75, 3.05) is 0 Å². The van der Waals surface area contributed by atoms with E-state index in [9.17, 15) is 0 Å². The van der Waals surface area contributed by atoms with Crippen molar-refractivity contribution < 1.29 is 22.8 Å². The van der Waals surface area contributed by atoms with E-state index in [1.807, 2.05) is 88.5 Å². The van der Waals surface area contributed by atoms with E-state index in [1.54, 1.807) is 17.5 Å². The van der Waals surface area contributed by atoms with Crippen molar-refractivity contribution >= 4 is 55.5 Å². The number of nitrogens with zero attached hydrogens (tertiary/aromatic N) is 2. The Bertz CT molecular complexity index is 2280. The Morgan fingerprint density at radius 1 is 0.771 bits per heavy atom. The summed E-state index contributed by atoms with van der Waals surface area (Å²) in [5.41, 5.74) is 5.82. The van der Waals surface area contributed by atoms with Gasteiger partial charge in [0.25, 0.3) is 0 Å². The van der Waals surface area contributed by atoms with Gasteiger partial charge >= 0.3 is 0 Å². The molecule has 0 aliphatic heterocycles. The molecule has 1 atom stereocenters. The third-order valence-electron chi connectivity index (χ3n) is 8.50.